The molecule has 0 spiro atoms. The largest absolute Gasteiger partial charge is 0.435 e. The van der Waals surface area contributed by atoms with Gasteiger partial charge in [0.2, 0.25) is 0 Å². The molecule has 4 N–H and O–H groups in total. The van der Waals surface area contributed by atoms with Crippen molar-refractivity contribution in [3.05, 3.63) is 65.6 Å². The summed E-state index contributed by atoms with van der Waals surface area (Å²) in [6, 6.07) is 10.4. The summed E-state index contributed by atoms with van der Waals surface area (Å²) in [6.07, 6.45) is -0.205. The predicted molar refractivity (Wildman–Crippen MR) is 117 cm³/mol. The summed E-state index contributed by atoms with van der Waals surface area (Å²) in [7, 11) is 0. The maximum Gasteiger partial charge on any atom is 0.387 e. The number of hydrogen-bond acceptors (Lipinski definition) is 7. The van der Waals surface area contributed by atoms with E-state index in [0.29, 0.717) is 33.9 Å². The lowest BCUT2D eigenvalue weighted by Crippen LogP contribution is -2.21. The molecule has 2 aromatic carbocycles. The quantitative estimate of drug-likeness (QED) is 0.408. The van der Waals surface area contributed by atoms with Gasteiger partial charge in [-0.1, -0.05) is 12.1 Å². The molecular formula is C22H20F2N6O3. The van der Waals surface area contributed by atoms with Crippen molar-refractivity contribution in [2.75, 3.05) is 11.1 Å². The Labute approximate surface area is 186 Å². The fourth-order valence-corrected chi connectivity index (χ4v) is 3.48. The fraction of sp³-hybridized carbons (Fsp3) is 0.182. The number of ether oxygens (including phenoxy) is 1. The second kappa shape index (κ2) is 8.79. The molecule has 0 aliphatic rings. The lowest BCUT2D eigenvalue weighted by Gasteiger charge is -2.15. The molecule has 0 bridgehead atoms. The highest BCUT2D eigenvalue weighted by Gasteiger charge is 2.20. The molecule has 0 radical (unpaired) electrons. The summed E-state index contributed by atoms with van der Waals surface area (Å²) < 4.78 is 30.8. The Hall–Kier alpha value is -4.12. The number of aryl methyl sites for hydroxylation is 2. The van der Waals surface area contributed by atoms with Crippen LogP contribution in [0.2, 0.25) is 0 Å². The number of rotatable bonds is 6. The van der Waals surface area contributed by atoms with Crippen molar-refractivity contribution in [2.24, 2.45) is 0 Å². The van der Waals surface area contributed by atoms with Crippen LogP contribution in [0.15, 0.2) is 48.8 Å². The number of nitrogen functional groups attached to an aromatic ring is 1. The number of aromatic nitrogens is 4. The number of carbonyl (C=O) groups is 1. The van der Waals surface area contributed by atoms with Crippen LogP contribution in [0.5, 0.6) is 5.75 Å². The molecule has 1 amide bonds. The molecule has 0 aliphatic heterocycles. The highest BCUT2D eigenvalue weighted by molar-refractivity contribution is 5.95. The Kier molecular flexibility index (Phi) is 5.88. The van der Waals surface area contributed by atoms with E-state index in [0.717, 1.165) is 5.56 Å². The van der Waals surface area contributed by atoms with Gasteiger partial charge in [0.1, 0.15) is 23.1 Å². The number of amides is 1. The number of aliphatic hydroxyl groups is 1. The summed E-state index contributed by atoms with van der Waals surface area (Å²) in [4.78, 5) is 20.8. The number of alkyl halides is 2. The van der Waals surface area contributed by atoms with Crippen molar-refractivity contribution in [1.82, 2.24) is 19.7 Å². The first-order chi connectivity index (χ1) is 15.7. The summed E-state index contributed by atoms with van der Waals surface area (Å²) in [6.45, 7) is 0.637. The Morgan fingerprint density at radius 1 is 1.18 bits per heavy atom. The van der Waals surface area contributed by atoms with Crippen molar-refractivity contribution in [2.45, 2.75) is 26.6 Å². The van der Waals surface area contributed by atoms with E-state index in [1.165, 1.54) is 30.6 Å². The summed E-state index contributed by atoms with van der Waals surface area (Å²) in [5, 5.41) is 17.5. The topological polar surface area (TPSA) is 128 Å². The normalized spacial score (nSPS) is 12.2. The number of fused-ring (bicyclic) bond motifs is 1. The summed E-state index contributed by atoms with van der Waals surface area (Å²) in [5.74, 6) is -0.590. The first kappa shape index (κ1) is 22.1. The van der Waals surface area contributed by atoms with Gasteiger partial charge >= 0.3 is 6.61 Å². The van der Waals surface area contributed by atoms with E-state index < -0.39 is 18.6 Å². The second-order valence-electron chi connectivity index (χ2n) is 7.30. The number of aliphatic hydroxyl groups excluding tert-OH is 1. The van der Waals surface area contributed by atoms with E-state index in [-0.39, 0.29) is 11.3 Å². The molecule has 4 rings (SSSR count). The van der Waals surface area contributed by atoms with Crippen LogP contribution >= 0.6 is 0 Å². The summed E-state index contributed by atoms with van der Waals surface area (Å²) >= 11 is 0. The molecule has 2 aromatic heterocycles. The van der Waals surface area contributed by atoms with Crippen LogP contribution in [0.4, 0.5) is 20.3 Å². The van der Waals surface area contributed by atoms with E-state index >= 15 is 0 Å². The highest BCUT2D eigenvalue weighted by atomic mass is 19.3. The number of hydrogen-bond donors (Lipinski definition) is 3. The molecule has 0 saturated carbocycles. The minimum Gasteiger partial charge on any atom is -0.435 e. The third-order valence-corrected chi connectivity index (χ3v) is 4.99. The SMILES string of the molecule is Cc1cc(NC(=O)[C@H](O)c2cccc(OC(F)F)c2)ccc1-n1nc(C)c2ncnc(N)c21. The van der Waals surface area contributed by atoms with Crippen molar-refractivity contribution >= 4 is 28.4 Å². The zero-order valence-electron chi connectivity index (χ0n) is 17.7. The van der Waals surface area contributed by atoms with Crippen molar-refractivity contribution in [3.63, 3.8) is 0 Å². The van der Waals surface area contributed by atoms with Crippen LogP contribution < -0.4 is 15.8 Å². The zero-order valence-corrected chi connectivity index (χ0v) is 17.7. The molecule has 9 nitrogen and oxygen atoms in total. The van der Waals surface area contributed by atoms with Gasteiger partial charge in [0.25, 0.3) is 5.91 Å². The number of carbonyl (C=O) groups excluding carboxylic acids is 1. The summed E-state index contributed by atoms with van der Waals surface area (Å²) in [5.41, 5.74) is 9.97. The molecule has 0 unspecified atom stereocenters. The van der Waals surface area contributed by atoms with Gasteiger partial charge in [-0.15, -0.1) is 0 Å². The number of nitrogens with zero attached hydrogens (tertiary/aromatic N) is 4. The molecule has 0 aliphatic carbocycles. The van der Waals surface area contributed by atoms with Crippen LogP contribution in [0.1, 0.15) is 22.9 Å². The van der Waals surface area contributed by atoms with Crippen LogP contribution in [0.25, 0.3) is 16.7 Å². The van der Waals surface area contributed by atoms with Crippen LogP contribution in [-0.4, -0.2) is 37.4 Å². The van der Waals surface area contributed by atoms with Crippen LogP contribution in [0.3, 0.4) is 0 Å². The molecule has 4 aromatic rings. The van der Waals surface area contributed by atoms with E-state index in [2.05, 4.69) is 25.1 Å². The first-order valence-electron chi connectivity index (χ1n) is 9.85. The second-order valence-corrected chi connectivity index (χ2v) is 7.30. The van der Waals surface area contributed by atoms with Crippen molar-refractivity contribution in [1.29, 1.82) is 0 Å². The molecule has 0 fully saturated rings. The molecule has 1 atom stereocenters. The van der Waals surface area contributed by atoms with Gasteiger partial charge in [0.05, 0.1) is 11.4 Å². The number of benzene rings is 2. The van der Waals surface area contributed by atoms with E-state index in [9.17, 15) is 18.7 Å². The molecule has 33 heavy (non-hydrogen) atoms. The standard InChI is InChI=1S/C22H20F2N6O3/c1-11-8-14(28-21(32)19(31)13-4-3-5-15(9-13)33-22(23)24)6-7-16(11)30-18-17(12(2)29-30)26-10-27-20(18)25/h3-10,19,22,31H,1-2H3,(H,28,32)(H2,25,26,27)/t19-/m1/s1. The molecule has 170 valence electrons. The maximum absolute atomic E-state index is 12.5. The zero-order chi connectivity index (χ0) is 23.7. The lowest BCUT2D eigenvalue weighted by atomic mass is 10.1. The molecule has 2 heterocycles. The highest BCUT2D eigenvalue weighted by Crippen LogP contribution is 2.27. The lowest BCUT2D eigenvalue weighted by molar-refractivity contribution is -0.124. The van der Waals surface area contributed by atoms with Gasteiger partial charge in [0, 0.05) is 5.69 Å². The van der Waals surface area contributed by atoms with Gasteiger partial charge in [0.15, 0.2) is 11.9 Å². The van der Waals surface area contributed by atoms with E-state index in [1.54, 1.807) is 22.9 Å². The number of nitrogens with one attached hydrogen (secondary N) is 1. The Morgan fingerprint density at radius 2 is 1.97 bits per heavy atom. The van der Waals surface area contributed by atoms with E-state index in [4.69, 9.17) is 5.73 Å². The monoisotopic (exact) mass is 454 g/mol. The maximum atomic E-state index is 12.5. The Bertz CT molecular complexity index is 1340. The first-order valence-corrected chi connectivity index (χ1v) is 9.85. The third-order valence-electron chi connectivity index (χ3n) is 4.99. The average Bonchev–Trinajstić information content (AvgIpc) is 3.10. The third kappa shape index (κ3) is 4.44. The molecular weight excluding hydrogens is 434 g/mol. The van der Waals surface area contributed by atoms with Crippen molar-refractivity contribution in [3.8, 4) is 11.4 Å². The Morgan fingerprint density at radius 3 is 2.70 bits per heavy atom. The van der Waals surface area contributed by atoms with Gasteiger partial charge in [-0.2, -0.15) is 13.9 Å². The average molecular weight is 454 g/mol. The number of halogens is 2. The van der Waals surface area contributed by atoms with Crippen LogP contribution in [-0.2, 0) is 4.79 Å². The minimum atomic E-state index is -3.01. The van der Waals surface area contributed by atoms with Crippen molar-refractivity contribution < 1.29 is 23.4 Å². The van der Waals surface area contributed by atoms with Crippen LogP contribution in [0, 0.1) is 13.8 Å². The van der Waals surface area contributed by atoms with Gasteiger partial charge in [-0.05, 0) is 55.3 Å². The molecule has 0 saturated heterocycles. The number of anilines is 2. The fourth-order valence-electron chi connectivity index (χ4n) is 3.48. The smallest absolute Gasteiger partial charge is 0.387 e. The van der Waals surface area contributed by atoms with Gasteiger partial charge < -0.3 is 20.9 Å². The van der Waals surface area contributed by atoms with E-state index in [1.807, 2.05) is 13.8 Å². The minimum absolute atomic E-state index is 0.118. The Balaban J connectivity index is 1.57. The predicted octanol–water partition coefficient (Wildman–Crippen LogP) is 3.29. The number of nitrogens with two attached hydrogens (primary N) is 1. The van der Waals surface area contributed by atoms with Gasteiger partial charge in [-0.25, -0.2) is 14.6 Å². The van der Waals surface area contributed by atoms with Gasteiger partial charge in [-0.3, -0.25) is 4.79 Å². The molecule has 11 heteroatoms.